The smallest absolute Gasteiger partial charge is 0.237 e. The van der Waals surface area contributed by atoms with E-state index in [1.165, 1.54) is 24.9 Å². The monoisotopic (exact) mass is 359 g/mol. The molecule has 5 nitrogen and oxygen atoms in total. The first-order valence-electron chi connectivity index (χ1n) is 10.0. The summed E-state index contributed by atoms with van der Waals surface area (Å²) in [7, 11) is 1.69. The minimum absolute atomic E-state index is 0.0536. The topological polar surface area (TPSA) is 44.8 Å². The van der Waals surface area contributed by atoms with Crippen molar-refractivity contribution >= 4 is 11.6 Å². The number of rotatable bonds is 5. The number of piperazine rings is 1. The highest BCUT2D eigenvalue weighted by Crippen LogP contribution is 2.24. The second kappa shape index (κ2) is 8.76. The number of nitrogens with zero attached hydrogens (tertiary/aromatic N) is 2. The van der Waals surface area contributed by atoms with E-state index in [4.69, 9.17) is 4.74 Å². The zero-order valence-corrected chi connectivity index (χ0v) is 16.4. The Morgan fingerprint density at radius 3 is 2.38 bits per heavy atom. The molecule has 1 saturated carbocycles. The number of nitrogens with one attached hydrogen (secondary N) is 1. The normalized spacial score (nSPS) is 25.6. The second-order valence-corrected chi connectivity index (χ2v) is 7.77. The Bertz CT molecular complexity index is 581. The predicted octanol–water partition coefficient (Wildman–Crippen LogP) is 2.90. The molecule has 1 heterocycles. The molecule has 0 unspecified atom stereocenters. The molecule has 0 radical (unpaired) electrons. The number of benzene rings is 1. The number of anilines is 1. The van der Waals surface area contributed by atoms with Gasteiger partial charge in [0.2, 0.25) is 5.91 Å². The Morgan fingerprint density at radius 2 is 1.77 bits per heavy atom. The molecular weight excluding hydrogens is 326 g/mol. The third kappa shape index (κ3) is 4.50. The van der Waals surface area contributed by atoms with Crippen LogP contribution in [0.5, 0.6) is 5.75 Å². The molecule has 144 valence electrons. The van der Waals surface area contributed by atoms with Crippen LogP contribution in [0.15, 0.2) is 24.3 Å². The number of carbonyl (C=O) groups is 1. The van der Waals surface area contributed by atoms with Crippen LogP contribution in [0.4, 0.5) is 5.69 Å². The maximum Gasteiger partial charge on any atom is 0.237 e. The largest absolute Gasteiger partial charge is 0.497 e. The first-order valence-corrected chi connectivity index (χ1v) is 10.0. The molecule has 1 aromatic carbocycles. The van der Waals surface area contributed by atoms with Crippen LogP contribution < -0.4 is 15.0 Å². The fraction of sp³-hybridized carbons (Fsp3) is 0.667. The van der Waals surface area contributed by atoms with Gasteiger partial charge in [-0.2, -0.15) is 0 Å². The molecule has 1 aliphatic carbocycles. The van der Waals surface area contributed by atoms with Crippen molar-refractivity contribution in [3.63, 3.8) is 0 Å². The Kier molecular flexibility index (Phi) is 6.41. The van der Waals surface area contributed by atoms with Crippen molar-refractivity contribution in [2.45, 2.75) is 51.6 Å². The van der Waals surface area contributed by atoms with Crippen molar-refractivity contribution < 1.29 is 9.53 Å². The summed E-state index contributed by atoms with van der Waals surface area (Å²) in [6.07, 6.45) is 4.91. The van der Waals surface area contributed by atoms with Gasteiger partial charge in [-0.25, -0.2) is 0 Å². The minimum Gasteiger partial charge on any atom is -0.497 e. The molecule has 26 heavy (non-hydrogen) atoms. The van der Waals surface area contributed by atoms with E-state index in [0.717, 1.165) is 38.3 Å². The van der Waals surface area contributed by atoms with Crippen LogP contribution in [0, 0.1) is 5.92 Å². The molecule has 3 atom stereocenters. The molecule has 1 amide bonds. The lowest BCUT2D eigenvalue weighted by molar-refractivity contribution is -0.127. The Balaban J connectivity index is 1.49. The van der Waals surface area contributed by atoms with E-state index in [0.29, 0.717) is 12.0 Å². The summed E-state index contributed by atoms with van der Waals surface area (Å²) in [5, 5.41) is 3.31. The number of amides is 1. The SMILES string of the molecule is COc1ccc(N2CCN([C@H](C)C(=O)N[C@@H]3CCCC[C@@H]3C)CC2)cc1. The van der Waals surface area contributed by atoms with E-state index in [-0.39, 0.29) is 11.9 Å². The second-order valence-electron chi connectivity index (χ2n) is 7.77. The van der Waals surface area contributed by atoms with E-state index in [1.54, 1.807) is 7.11 Å². The van der Waals surface area contributed by atoms with Crippen LogP contribution in [0.25, 0.3) is 0 Å². The molecule has 1 aromatic rings. The number of ether oxygens (including phenoxy) is 1. The zero-order valence-electron chi connectivity index (χ0n) is 16.4. The number of carbonyl (C=O) groups excluding carboxylic acids is 1. The minimum atomic E-state index is -0.0536. The lowest BCUT2D eigenvalue weighted by atomic mass is 9.86. The third-order valence-corrected chi connectivity index (χ3v) is 6.12. The molecule has 0 bridgehead atoms. The molecular formula is C21H33N3O2. The van der Waals surface area contributed by atoms with Crippen LogP contribution in [0.1, 0.15) is 39.5 Å². The fourth-order valence-electron chi connectivity index (χ4n) is 4.16. The summed E-state index contributed by atoms with van der Waals surface area (Å²) in [6.45, 7) is 8.05. The highest BCUT2D eigenvalue weighted by Gasteiger charge is 2.29. The van der Waals surface area contributed by atoms with Crippen molar-refractivity contribution in [3.05, 3.63) is 24.3 Å². The van der Waals surface area contributed by atoms with E-state index in [1.807, 2.05) is 19.1 Å². The van der Waals surface area contributed by atoms with Crippen LogP contribution in [-0.4, -0.2) is 56.2 Å². The predicted molar refractivity (Wildman–Crippen MR) is 106 cm³/mol. The van der Waals surface area contributed by atoms with E-state index in [9.17, 15) is 4.79 Å². The van der Waals surface area contributed by atoms with E-state index < -0.39 is 0 Å². The summed E-state index contributed by atoms with van der Waals surface area (Å²) in [4.78, 5) is 17.4. The van der Waals surface area contributed by atoms with Crippen LogP contribution in [0.2, 0.25) is 0 Å². The first-order chi connectivity index (χ1) is 12.6. The number of hydrogen-bond donors (Lipinski definition) is 1. The van der Waals surface area contributed by atoms with Gasteiger partial charge in [0.1, 0.15) is 5.75 Å². The van der Waals surface area contributed by atoms with Crippen LogP contribution in [0.3, 0.4) is 0 Å². The molecule has 0 spiro atoms. The summed E-state index contributed by atoms with van der Waals surface area (Å²) >= 11 is 0. The molecule has 2 aliphatic rings. The average Bonchev–Trinajstić information content (AvgIpc) is 2.69. The summed E-state index contributed by atoms with van der Waals surface area (Å²) in [6, 6.07) is 8.53. The fourth-order valence-corrected chi connectivity index (χ4v) is 4.16. The Labute approximate surface area is 157 Å². The van der Waals surface area contributed by atoms with Gasteiger partial charge < -0.3 is 15.0 Å². The Morgan fingerprint density at radius 1 is 1.12 bits per heavy atom. The molecule has 2 fully saturated rings. The summed E-state index contributed by atoms with van der Waals surface area (Å²) in [5.74, 6) is 1.68. The highest BCUT2D eigenvalue weighted by molar-refractivity contribution is 5.81. The maximum atomic E-state index is 12.7. The van der Waals surface area contributed by atoms with Gasteiger partial charge >= 0.3 is 0 Å². The van der Waals surface area contributed by atoms with Crippen molar-refractivity contribution in [2.24, 2.45) is 5.92 Å². The number of methoxy groups -OCH3 is 1. The lowest BCUT2D eigenvalue weighted by Crippen LogP contribution is -2.55. The van der Waals surface area contributed by atoms with Gasteiger partial charge in [-0.1, -0.05) is 19.8 Å². The van der Waals surface area contributed by atoms with Gasteiger partial charge in [-0.05, 0) is 49.9 Å². The highest BCUT2D eigenvalue weighted by atomic mass is 16.5. The Hall–Kier alpha value is -1.75. The van der Waals surface area contributed by atoms with Crippen LogP contribution in [-0.2, 0) is 4.79 Å². The molecule has 1 saturated heterocycles. The van der Waals surface area contributed by atoms with E-state index in [2.05, 4.69) is 34.2 Å². The zero-order chi connectivity index (χ0) is 18.5. The van der Waals surface area contributed by atoms with Crippen LogP contribution >= 0.6 is 0 Å². The average molecular weight is 360 g/mol. The number of hydrogen-bond acceptors (Lipinski definition) is 4. The lowest BCUT2D eigenvalue weighted by Gasteiger charge is -2.39. The van der Waals surface area contributed by atoms with Crippen molar-refractivity contribution in [1.82, 2.24) is 10.2 Å². The van der Waals surface area contributed by atoms with Gasteiger partial charge in [0, 0.05) is 37.9 Å². The molecule has 1 N–H and O–H groups in total. The molecule has 0 aromatic heterocycles. The standard InChI is InChI=1S/C21H33N3O2/c1-16-6-4-5-7-20(16)22-21(25)17(2)23-12-14-24(15-13-23)18-8-10-19(26-3)11-9-18/h8-11,16-17,20H,4-7,12-15H2,1-3H3,(H,22,25)/t16-,17+,20+/m0/s1. The molecule has 3 rings (SSSR count). The van der Waals surface area contributed by atoms with Gasteiger partial charge in [-0.3, -0.25) is 9.69 Å². The third-order valence-electron chi connectivity index (χ3n) is 6.12. The van der Waals surface area contributed by atoms with Crippen molar-refractivity contribution in [2.75, 3.05) is 38.2 Å². The quantitative estimate of drug-likeness (QED) is 0.878. The van der Waals surface area contributed by atoms with Gasteiger partial charge in [0.25, 0.3) is 0 Å². The van der Waals surface area contributed by atoms with Crippen molar-refractivity contribution in [1.29, 1.82) is 0 Å². The van der Waals surface area contributed by atoms with Crippen molar-refractivity contribution in [3.8, 4) is 5.75 Å². The van der Waals surface area contributed by atoms with Gasteiger partial charge in [0.05, 0.1) is 13.2 Å². The molecule has 5 heteroatoms. The van der Waals surface area contributed by atoms with Gasteiger partial charge in [0.15, 0.2) is 0 Å². The molecule has 1 aliphatic heterocycles. The summed E-state index contributed by atoms with van der Waals surface area (Å²) < 4.78 is 5.23. The van der Waals surface area contributed by atoms with Gasteiger partial charge in [-0.15, -0.1) is 0 Å². The maximum absolute atomic E-state index is 12.7. The summed E-state index contributed by atoms with van der Waals surface area (Å²) in [5.41, 5.74) is 1.22. The van der Waals surface area contributed by atoms with E-state index >= 15 is 0 Å². The first kappa shape index (κ1) is 19.0.